The van der Waals surface area contributed by atoms with Crippen molar-refractivity contribution in [2.24, 2.45) is 0 Å². The minimum Gasteiger partial charge on any atom is -0.478 e. The molecule has 2 aromatic carbocycles. The Kier molecular flexibility index (Phi) is 3.90. The number of carbonyl (C=O) groups is 1. The van der Waals surface area contributed by atoms with Crippen LogP contribution in [0.1, 0.15) is 10.4 Å². The van der Waals surface area contributed by atoms with E-state index < -0.39 is 5.97 Å². The molecule has 0 fully saturated rings. The second-order valence-corrected chi connectivity index (χ2v) is 5.36. The molecule has 0 heterocycles. The summed E-state index contributed by atoms with van der Waals surface area (Å²) in [6.45, 7) is 0. The lowest BCUT2D eigenvalue weighted by molar-refractivity contribution is 0.0697. The van der Waals surface area contributed by atoms with Crippen LogP contribution in [0.25, 0.3) is 11.1 Å². The van der Waals surface area contributed by atoms with Gasteiger partial charge in [0.25, 0.3) is 0 Å². The molecular weight excluding hydrogens is 306 g/mol. The topological polar surface area (TPSA) is 40.5 Å². The molecule has 2 rings (SSSR count). The maximum absolute atomic E-state index is 11.1. The highest BCUT2D eigenvalue weighted by molar-refractivity contribution is 9.10. The fourth-order valence-corrected chi connectivity index (χ4v) is 2.31. The summed E-state index contributed by atoms with van der Waals surface area (Å²) in [5.41, 5.74) is 3.24. The number of rotatable bonds is 3. The van der Waals surface area contributed by atoms with Crippen molar-refractivity contribution < 1.29 is 9.90 Å². The summed E-state index contributed by atoms with van der Waals surface area (Å²) in [6.07, 6.45) is 0. The van der Waals surface area contributed by atoms with E-state index in [2.05, 4.69) is 15.9 Å². The third kappa shape index (κ3) is 2.96. The molecule has 98 valence electrons. The molecule has 0 saturated carbocycles. The number of benzene rings is 2. The van der Waals surface area contributed by atoms with Crippen molar-refractivity contribution in [2.75, 3.05) is 19.0 Å². The van der Waals surface area contributed by atoms with Gasteiger partial charge in [0.1, 0.15) is 0 Å². The summed E-state index contributed by atoms with van der Waals surface area (Å²) in [5, 5.41) is 9.07. The molecule has 0 aliphatic carbocycles. The van der Waals surface area contributed by atoms with Crippen LogP contribution in [-0.4, -0.2) is 25.2 Å². The lowest BCUT2D eigenvalue weighted by atomic mass is 10.0. The van der Waals surface area contributed by atoms with Crippen molar-refractivity contribution in [3.05, 3.63) is 52.5 Å². The van der Waals surface area contributed by atoms with Crippen LogP contribution < -0.4 is 4.90 Å². The molecule has 0 amide bonds. The number of hydrogen-bond acceptors (Lipinski definition) is 2. The van der Waals surface area contributed by atoms with Crippen molar-refractivity contribution in [1.82, 2.24) is 0 Å². The second-order valence-electron chi connectivity index (χ2n) is 4.44. The zero-order valence-electron chi connectivity index (χ0n) is 10.7. The Hall–Kier alpha value is -1.81. The van der Waals surface area contributed by atoms with Crippen molar-refractivity contribution in [3.8, 4) is 11.1 Å². The first-order valence-electron chi connectivity index (χ1n) is 5.79. The largest absolute Gasteiger partial charge is 0.478 e. The Bertz CT molecular complexity index is 623. The van der Waals surface area contributed by atoms with Gasteiger partial charge >= 0.3 is 5.97 Å². The zero-order chi connectivity index (χ0) is 14.0. The van der Waals surface area contributed by atoms with Gasteiger partial charge in [-0.3, -0.25) is 0 Å². The van der Waals surface area contributed by atoms with Gasteiger partial charge in [-0.2, -0.15) is 0 Å². The monoisotopic (exact) mass is 319 g/mol. The smallest absolute Gasteiger partial charge is 0.335 e. The first-order valence-corrected chi connectivity index (χ1v) is 6.59. The Morgan fingerprint density at radius 2 is 1.89 bits per heavy atom. The van der Waals surface area contributed by atoms with Crippen LogP contribution in [0.5, 0.6) is 0 Å². The molecule has 1 N–H and O–H groups in total. The van der Waals surface area contributed by atoms with E-state index >= 15 is 0 Å². The predicted molar refractivity (Wildman–Crippen MR) is 80.9 cm³/mol. The molecule has 0 aromatic heterocycles. The van der Waals surface area contributed by atoms with E-state index in [0.717, 1.165) is 21.3 Å². The Morgan fingerprint density at radius 3 is 2.53 bits per heavy atom. The molecule has 0 unspecified atom stereocenters. The maximum atomic E-state index is 11.1. The maximum Gasteiger partial charge on any atom is 0.335 e. The predicted octanol–water partition coefficient (Wildman–Crippen LogP) is 3.88. The van der Waals surface area contributed by atoms with Gasteiger partial charge in [0.15, 0.2) is 0 Å². The summed E-state index contributed by atoms with van der Waals surface area (Å²) >= 11 is 3.46. The summed E-state index contributed by atoms with van der Waals surface area (Å²) in [4.78, 5) is 13.1. The summed E-state index contributed by atoms with van der Waals surface area (Å²) in [7, 11) is 3.93. The van der Waals surface area contributed by atoms with Crippen LogP contribution in [0, 0.1) is 0 Å². The molecule has 0 radical (unpaired) electrons. The first kappa shape index (κ1) is 13.6. The van der Waals surface area contributed by atoms with Crippen molar-refractivity contribution in [1.29, 1.82) is 0 Å². The number of carboxylic acid groups (broad SMARTS) is 1. The standard InChI is InChI=1S/C15H14BrNO2/c1-17(2)14-7-6-12(16)9-13(14)10-4-3-5-11(8-10)15(18)19/h3-9H,1-2H3,(H,18,19). The number of aromatic carboxylic acids is 1. The molecule has 0 aliphatic heterocycles. The SMILES string of the molecule is CN(C)c1ccc(Br)cc1-c1cccc(C(=O)O)c1. The molecule has 0 aliphatic rings. The summed E-state index contributed by atoms with van der Waals surface area (Å²) in [5.74, 6) is -0.914. The fourth-order valence-electron chi connectivity index (χ4n) is 1.95. The number of halogens is 1. The van der Waals surface area contributed by atoms with E-state index in [-0.39, 0.29) is 0 Å². The second kappa shape index (κ2) is 5.45. The average molecular weight is 320 g/mol. The van der Waals surface area contributed by atoms with E-state index in [9.17, 15) is 4.79 Å². The highest BCUT2D eigenvalue weighted by atomic mass is 79.9. The molecule has 2 aromatic rings. The van der Waals surface area contributed by atoms with Crippen LogP contribution in [-0.2, 0) is 0 Å². The molecule has 0 bridgehead atoms. The lowest BCUT2D eigenvalue weighted by Crippen LogP contribution is -2.10. The average Bonchev–Trinajstić information content (AvgIpc) is 2.38. The van der Waals surface area contributed by atoms with Crippen LogP contribution in [0.4, 0.5) is 5.69 Å². The van der Waals surface area contributed by atoms with Crippen LogP contribution in [0.3, 0.4) is 0 Å². The summed E-state index contributed by atoms with van der Waals surface area (Å²) < 4.78 is 0.967. The van der Waals surface area contributed by atoms with Crippen LogP contribution >= 0.6 is 15.9 Å². The van der Waals surface area contributed by atoms with Crippen molar-refractivity contribution >= 4 is 27.6 Å². The molecule has 4 heteroatoms. The van der Waals surface area contributed by atoms with Gasteiger partial charge in [0, 0.05) is 29.8 Å². The van der Waals surface area contributed by atoms with Crippen molar-refractivity contribution in [2.45, 2.75) is 0 Å². The number of anilines is 1. The Labute approximate surface area is 120 Å². The van der Waals surface area contributed by atoms with Gasteiger partial charge in [0.2, 0.25) is 0 Å². The van der Waals surface area contributed by atoms with E-state index in [1.165, 1.54) is 0 Å². The highest BCUT2D eigenvalue weighted by Gasteiger charge is 2.10. The van der Waals surface area contributed by atoms with Crippen LogP contribution in [0.2, 0.25) is 0 Å². The third-order valence-corrected chi connectivity index (χ3v) is 3.35. The molecule has 0 saturated heterocycles. The van der Waals surface area contributed by atoms with Gasteiger partial charge in [-0.25, -0.2) is 4.79 Å². The van der Waals surface area contributed by atoms with Gasteiger partial charge in [0.05, 0.1) is 5.56 Å². The minimum absolute atomic E-state index is 0.294. The number of carboxylic acids is 1. The molecule has 3 nitrogen and oxygen atoms in total. The van der Waals surface area contributed by atoms with E-state index in [4.69, 9.17) is 5.11 Å². The summed E-state index contributed by atoms with van der Waals surface area (Å²) in [6, 6.07) is 12.9. The van der Waals surface area contributed by atoms with E-state index in [1.807, 2.05) is 43.3 Å². The van der Waals surface area contributed by atoms with Gasteiger partial charge in [-0.1, -0.05) is 28.1 Å². The lowest BCUT2D eigenvalue weighted by Gasteiger charge is -2.18. The third-order valence-electron chi connectivity index (χ3n) is 2.86. The van der Waals surface area contributed by atoms with E-state index in [1.54, 1.807) is 18.2 Å². The quantitative estimate of drug-likeness (QED) is 0.933. The van der Waals surface area contributed by atoms with E-state index in [0.29, 0.717) is 5.56 Å². The first-order chi connectivity index (χ1) is 8.99. The minimum atomic E-state index is -0.914. The molecule has 0 spiro atoms. The highest BCUT2D eigenvalue weighted by Crippen LogP contribution is 2.32. The Morgan fingerprint density at radius 1 is 1.16 bits per heavy atom. The molecule has 0 atom stereocenters. The van der Waals surface area contributed by atoms with Gasteiger partial charge < -0.3 is 10.0 Å². The fraction of sp³-hybridized carbons (Fsp3) is 0.133. The van der Waals surface area contributed by atoms with Crippen LogP contribution in [0.15, 0.2) is 46.9 Å². The Balaban J connectivity index is 2.60. The normalized spacial score (nSPS) is 10.3. The molecule has 19 heavy (non-hydrogen) atoms. The number of nitrogens with zero attached hydrogens (tertiary/aromatic N) is 1. The van der Waals surface area contributed by atoms with Crippen molar-refractivity contribution in [3.63, 3.8) is 0 Å². The molecular formula is C15H14BrNO2. The van der Waals surface area contributed by atoms with Gasteiger partial charge in [-0.05, 0) is 35.9 Å². The number of hydrogen-bond donors (Lipinski definition) is 1. The van der Waals surface area contributed by atoms with Gasteiger partial charge in [-0.15, -0.1) is 0 Å². The zero-order valence-corrected chi connectivity index (χ0v) is 12.3.